The van der Waals surface area contributed by atoms with E-state index in [9.17, 15) is 0 Å². The number of benzene rings is 1. The molecule has 6 heteroatoms. The molecule has 0 spiro atoms. The molecular formula is C24H26IN5. The van der Waals surface area contributed by atoms with Crippen molar-refractivity contribution in [1.82, 2.24) is 19.9 Å². The lowest BCUT2D eigenvalue weighted by atomic mass is 10.2. The number of fused-ring (bicyclic) bond motifs is 1. The fourth-order valence-corrected chi connectivity index (χ4v) is 3.40. The molecule has 0 saturated carbocycles. The van der Waals surface area contributed by atoms with Gasteiger partial charge in [-0.05, 0) is 65.0 Å². The molecule has 154 valence electrons. The molecule has 2 N–H and O–H groups in total. The van der Waals surface area contributed by atoms with Crippen LogP contribution in [0.25, 0.3) is 11.2 Å². The van der Waals surface area contributed by atoms with Gasteiger partial charge in [0.1, 0.15) is 0 Å². The maximum Gasteiger partial charge on any atom is 0.208 e. The number of hydrogen-bond acceptors (Lipinski definition) is 4. The van der Waals surface area contributed by atoms with Gasteiger partial charge in [-0.2, -0.15) is 0 Å². The van der Waals surface area contributed by atoms with E-state index in [0.717, 1.165) is 38.5 Å². The zero-order chi connectivity index (χ0) is 21.2. The summed E-state index contributed by atoms with van der Waals surface area (Å²) in [5.74, 6) is 14.3. The number of unbranched alkanes of at least 4 members (excludes halogenated alkanes) is 4. The van der Waals surface area contributed by atoms with Gasteiger partial charge in [0.15, 0.2) is 22.8 Å². The largest absolute Gasteiger partial charge is 0.364 e. The summed E-state index contributed by atoms with van der Waals surface area (Å²) < 4.78 is 1.20. The molecule has 5 nitrogen and oxygen atoms in total. The van der Waals surface area contributed by atoms with Crippen LogP contribution in [0.5, 0.6) is 0 Å². The fourth-order valence-electron chi connectivity index (χ4n) is 2.79. The standard InChI is InChI=1S/C24H26IN5/c1-3-5-7-9-14-20-27-22-23(26-17-18-12-11-13-19(25)16-18)28-21(30-24(22)29-20)15-10-8-6-4-2/h11-13,16H,3-8,17H2,1-2H3,(H2,26,27,28,29,30). The molecule has 0 atom stereocenters. The van der Waals surface area contributed by atoms with E-state index in [0.29, 0.717) is 35.2 Å². The molecule has 2 heterocycles. The highest BCUT2D eigenvalue weighted by Crippen LogP contribution is 2.19. The third-order valence-corrected chi connectivity index (χ3v) is 5.08. The Labute approximate surface area is 192 Å². The molecule has 0 aliphatic heterocycles. The third-order valence-electron chi connectivity index (χ3n) is 4.41. The fraction of sp³-hybridized carbons (Fsp3) is 0.375. The van der Waals surface area contributed by atoms with Crippen LogP contribution in [0.1, 0.15) is 69.6 Å². The molecule has 30 heavy (non-hydrogen) atoms. The molecule has 3 aromatic rings. The van der Waals surface area contributed by atoms with E-state index < -0.39 is 0 Å². The summed E-state index contributed by atoms with van der Waals surface area (Å²) in [6, 6.07) is 8.37. The minimum Gasteiger partial charge on any atom is -0.364 e. The number of rotatable bonds is 7. The highest BCUT2D eigenvalue weighted by molar-refractivity contribution is 14.1. The summed E-state index contributed by atoms with van der Waals surface area (Å²) in [7, 11) is 0. The van der Waals surface area contributed by atoms with Crippen LogP contribution in [0.2, 0.25) is 0 Å². The zero-order valence-corrected chi connectivity index (χ0v) is 19.6. The van der Waals surface area contributed by atoms with Crippen molar-refractivity contribution in [3.63, 3.8) is 0 Å². The second-order valence-electron chi connectivity index (χ2n) is 6.97. The average molecular weight is 511 g/mol. The van der Waals surface area contributed by atoms with Crippen LogP contribution in [-0.4, -0.2) is 19.9 Å². The van der Waals surface area contributed by atoms with Crippen molar-refractivity contribution in [3.05, 3.63) is 45.0 Å². The Morgan fingerprint density at radius 2 is 1.77 bits per heavy atom. The minimum atomic E-state index is 0.498. The molecule has 0 bridgehead atoms. The second kappa shape index (κ2) is 11.6. The summed E-state index contributed by atoms with van der Waals surface area (Å²) in [5.41, 5.74) is 2.54. The van der Waals surface area contributed by atoms with Crippen LogP contribution < -0.4 is 5.32 Å². The molecule has 3 rings (SSSR count). The van der Waals surface area contributed by atoms with Crippen molar-refractivity contribution in [2.75, 3.05) is 5.32 Å². The van der Waals surface area contributed by atoms with E-state index in [1.54, 1.807) is 0 Å². The molecule has 0 aliphatic carbocycles. The number of aromatic nitrogens is 4. The number of nitrogens with one attached hydrogen (secondary N) is 2. The second-order valence-corrected chi connectivity index (χ2v) is 8.22. The van der Waals surface area contributed by atoms with E-state index in [2.05, 4.69) is 110 Å². The van der Waals surface area contributed by atoms with Crippen LogP contribution in [0.4, 0.5) is 5.82 Å². The predicted octanol–water partition coefficient (Wildman–Crippen LogP) is 5.65. The highest BCUT2D eigenvalue weighted by Gasteiger charge is 2.12. The molecule has 0 fully saturated rings. The van der Waals surface area contributed by atoms with Gasteiger partial charge < -0.3 is 10.3 Å². The van der Waals surface area contributed by atoms with Gasteiger partial charge in [0.05, 0.1) is 0 Å². The Morgan fingerprint density at radius 1 is 1.00 bits per heavy atom. The first-order valence-corrected chi connectivity index (χ1v) is 11.5. The first-order chi connectivity index (χ1) is 14.7. The molecule has 0 radical (unpaired) electrons. The van der Waals surface area contributed by atoms with Gasteiger partial charge in [-0.25, -0.2) is 15.0 Å². The molecule has 1 aromatic carbocycles. The van der Waals surface area contributed by atoms with Gasteiger partial charge in [0.2, 0.25) is 5.82 Å². The summed E-state index contributed by atoms with van der Waals surface area (Å²) in [6.45, 7) is 4.97. The van der Waals surface area contributed by atoms with Crippen molar-refractivity contribution < 1.29 is 0 Å². The lowest BCUT2D eigenvalue weighted by Crippen LogP contribution is -2.04. The van der Waals surface area contributed by atoms with Crippen LogP contribution in [-0.2, 0) is 6.54 Å². The van der Waals surface area contributed by atoms with Crippen molar-refractivity contribution in [3.8, 4) is 23.7 Å². The third kappa shape index (κ3) is 6.47. The van der Waals surface area contributed by atoms with Gasteiger partial charge in [-0.3, -0.25) is 0 Å². The van der Waals surface area contributed by atoms with Crippen molar-refractivity contribution in [2.45, 2.75) is 58.9 Å². The van der Waals surface area contributed by atoms with Gasteiger partial charge in [0.25, 0.3) is 0 Å². The van der Waals surface area contributed by atoms with Gasteiger partial charge in [-0.15, -0.1) is 0 Å². The number of anilines is 1. The Bertz CT molecular complexity index is 1110. The number of aromatic amines is 1. The molecule has 0 unspecified atom stereocenters. The molecule has 0 aliphatic rings. The molecule has 0 saturated heterocycles. The van der Waals surface area contributed by atoms with Crippen LogP contribution in [0.3, 0.4) is 0 Å². The Kier molecular flexibility index (Phi) is 8.53. The first-order valence-electron chi connectivity index (χ1n) is 10.4. The highest BCUT2D eigenvalue weighted by atomic mass is 127. The smallest absolute Gasteiger partial charge is 0.208 e. The van der Waals surface area contributed by atoms with E-state index in [-0.39, 0.29) is 0 Å². The van der Waals surface area contributed by atoms with Crippen LogP contribution >= 0.6 is 22.6 Å². The number of hydrogen-bond donors (Lipinski definition) is 2. The summed E-state index contributed by atoms with van der Waals surface area (Å²) in [4.78, 5) is 17.0. The van der Waals surface area contributed by atoms with Crippen LogP contribution in [0.15, 0.2) is 24.3 Å². The normalized spacial score (nSPS) is 10.2. The number of nitrogens with zero attached hydrogens (tertiary/aromatic N) is 3. The zero-order valence-electron chi connectivity index (χ0n) is 17.5. The number of imidazole rings is 1. The SMILES string of the molecule is CCCCC#Cc1nc(NCc2cccc(I)c2)c2nc(C#CCCCC)[nH]c2n1. The summed E-state index contributed by atoms with van der Waals surface area (Å²) in [6.07, 6.45) is 6.14. The van der Waals surface area contributed by atoms with Crippen molar-refractivity contribution in [2.24, 2.45) is 0 Å². The number of halogens is 1. The van der Waals surface area contributed by atoms with E-state index >= 15 is 0 Å². The molecule has 0 amide bonds. The maximum atomic E-state index is 4.63. The number of H-pyrrole nitrogens is 1. The van der Waals surface area contributed by atoms with Crippen molar-refractivity contribution >= 4 is 39.6 Å². The van der Waals surface area contributed by atoms with E-state index in [1.807, 2.05) is 0 Å². The Balaban J connectivity index is 1.89. The quantitative estimate of drug-likeness (QED) is 0.244. The topological polar surface area (TPSA) is 66.5 Å². The predicted molar refractivity (Wildman–Crippen MR) is 131 cm³/mol. The lowest BCUT2D eigenvalue weighted by Gasteiger charge is -2.07. The van der Waals surface area contributed by atoms with Gasteiger partial charge >= 0.3 is 0 Å². The lowest BCUT2D eigenvalue weighted by molar-refractivity contribution is 0.828. The Morgan fingerprint density at radius 3 is 2.50 bits per heavy atom. The van der Waals surface area contributed by atoms with Crippen molar-refractivity contribution in [1.29, 1.82) is 0 Å². The van der Waals surface area contributed by atoms with Crippen LogP contribution in [0, 0.1) is 27.3 Å². The van der Waals surface area contributed by atoms with Gasteiger partial charge in [0, 0.05) is 23.0 Å². The molecule has 2 aromatic heterocycles. The monoisotopic (exact) mass is 511 g/mol. The minimum absolute atomic E-state index is 0.498. The Hall–Kier alpha value is -2.58. The van der Waals surface area contributed by atoms with E-state index in [1.165, 1.54) is 9.13 Å². The summed E-state index contributed by atoms with van der Waals surface area (Å²) >= 11 is 2.32. The molecular weight excluding hydrogens is 485 g/mol. The average Bonchev–Trinajstić information content (AvgIpc) is 3.16. The van der Waals surface area contributed by atoms with E-state index in [4.69, 9.17) is 0 Å². The first kappa shape index (κ1) is 22.1. The maximum absolute atomic E-state index is 4.63. The van der Waals surface area contributed by atoms with Gasteiger partial charge in [-0.1, -0.05) is 50.7 Å². The summed E-state index contributed by atoms with van der Waals surface area (Å²) in [5, 5.41) is 3.41.